The van der Waals surface area contributed by atoms with Crippen molar-refractivity contribution in [2.45, 2.75) is 71.4 Å². The van der Waals surface area contributed by atoms with E-state index < -0.39 is 5.79 Å². The predicted molar refractivity (Wildman–Crippen MR) is 67.7 cm³/mol. The molecule has 0 N–H and O–H groups in total. The summed E-state index contributed by atoms with van der Waals surface area (Å²) in [7, 11) is 0. The molecule has 1 unspecified atom stereocenters. The van der Waals surface area contributed by atoms with Crippen LogP contribution in [0.25, 0.3) is 0 Å². The number of hydrogen-bond acceptors (Lipinski definition) is 6. The largest absolute Gasteiger partial charge is 0.345 e. The van der Waals surface area contributed by atoms with E-state index >= 15 is 0 Å². The minimum absolute atomic E-state index is 0.164. The van der Waals surface area contributed by atoms with Crippen LogP contribution in [-0.4, -0.2) is 30.7 Å². The average molecular weight is 278 g/mol. The minimum atomic E-state index is -0.632. The van der Waals surface area contributed by atoms with Crippen molar-refractivity contribution < 1.29 is 29.3 Å². The SMILES string of the molecule is C1CCOOOC1.CC1CC(C)(C)OOC(C)(C)O1. The first kappa shape index (κ1) is 16.8. The Balaban J connectivity index is 0.000000218. The molecule has 2 fully saturated rings. The number of rotatable bonds is 0. The maximum Gasteiger partial charge on any atom is 0.196 e. The van der Waals surface area contributed by atoms with Crippen molar-refractivity contribution >= 4 is 0 Å². The minimum Gasteiger partial charge on any atom is -0.345 e. The highest BCUT2D eigenvalue weighted by Crippen LogP contribution is 2.29. The number of hydrogen-bond donors (Lipinski definition) is 0. The molecular weight excluding hydrogens is 252 g/mol. The lowest BCUT2D eigenvalue weighted by Gasteiger charge is -2.23. The Hall–Kier alpha value is -0.240. The van der Waals surface area contributed by atoms with Crippen molar-refractivity contribution in [2.75, 3.05) is 13.2 Å². The van der Waals surface area contributed by atoms with Crippen LogP contribution in [0.5, 0.6) is 0 Å². The van der Waals surface area contributed by atoms with E-state index in [4.69, 9.17) is 14.5 Å². The third-order valence-corrected chi connectivity index (χ3v) is 2.53. The van der Waals surface area contributed by atoms with E-state index in [0.29, 0.717) is 13.2 Å². The summed E-state index contributed by atoms with van der Waals surface area (Å²) in [5.41, 5.74) is -0.257. The maximum atomic E-state index is 5.59. The van der Waals surface area contributed by atoms with Gasteiger partial charge < -0.3 is 4.74 Å². The molecule has 0 radical (unpaired) electrons. The van der Waals surface area contributed by atoms with Crippen molar-refractivity contribution in [1.82, 2.24) is 0 Å². The van der Waals surface area contributed by atoms with Gasteiger partial charge in [0.05, 0.1) is 19.3 Å². The molecule has 2 aliphatic rings. The van der Waals surface area contributed by atoms with Gasteiger partial charge in [-0.05, 0) is 47.5 Å². The standard InChI is InChI=1S/C9H18O3.C4H8O3/c1-7-6-8(2,3)11-12-9(4,5)10-7;1-2-4-6-7-5-3-1/h7H,6H2,1-5H3;1-4H2. The molecule has 0 aromatic rings. The summed E-state index contributed by atoms with van der Waals surface area (Å²) in [5.74, 6) is -0.632. The van der Waals surface area contributed by atoms with Crippen LogP contribution in [0.2, 0.25) is 0 Å². The van der Waals surface area contributed by atoms with E-state index in [2.05, 4.69) is 14.8 Å². The van der Waals surface area contributed by atoms with Crippen LogP contribution in [0.4, 0.5) is 0 Å². The van der Waals surface area contributed by atoms with Gasteiger partial charge in [-0.1, -0.05) is 5.04 Å². The van der Waals surface area contributed by atoms with Gasteiger partial charge in [0, 0.05) is 6.42 Å². The lowest BCUT2D eigenvalue weighted by Crippen LogP contribution is -2.29. The first-order valence-corrected chi connectivity index (χ1v) is 6.76. The Morgan fingerprint density at radius 1 is 0.895 bits per heavy atom. The monoisotopic (exact) mass is 278 g/mol. The molecule has 0 saturated carbocycles. The predicted octanol–water partition coefficient (Wildman–Crippen LogP) is 2.92. The molecule has 0 bridgehead atoms. The van der Waals surface area contributed by atoms with Gasteiger partial charge in [-0.15, -0.1) is 0 Å². The third-order valence-electron chi connectivity index (χ3n) is 2.53. The van der Waals surface area contributed by atoms with E-state index in [0.717, 1.165) is 19.3 Å². The van der Waals surface area contributed by atoms with Crippen LogP contribution in [-0.2, 0) is 29.3 Å². The van der Waals surface area contributed by atoms with Gasteiger partial charge in [0.2, 0.25) is 0 Å². The van der Waals surface area contributed by atoms with Crippen molar-refractivity contribution in [3.63, 3.8) is 0 Å². The molecule has 19 heavy (non-hydrogen) atoms. The molecule has 6 nitrogen and oxygen atoms in total. The van der Waals surface area contributed by atoms with Crippen LogP contribution in [0.3, 0.4) is 0 Å². The van der Waals surface area contributed by atoms with E-state index in [1.165, 1.54) is 0 Å². The fourth-order valence-corrected chi connectivity index (χ4v) is 1.91. The summed E-state index contributed by atoms with van der Waals surface area (Å²) < 4.78 is 5.59. The van der Waals surface area contributed by atoms with E-state index in [1.807, 2.05) is 34.6 Å². The van der Waals surface area contributed by atoms with Crippen LogP contribution in [0.1, 0.15) is 53.9 Å². The molecule has 2 heterocycles. The van der Waals surface area contributed by atoms with Crippen molar-refractivity contribution in [2.24, 2.45) is 0 Å². The van der Waals surface area contributed by atoms with Gasteiger partial charge in [0.15, 0.2) is 5.79 Å². The third kappa shape index (κ3) is 7.81. The van der Waals surface area contributed by atoms with Gasteiger partial charge in [0.25, 0.3) is 0 Å². The van der Waals surface area contributed by atoms with Crippen LogP contribution < -0.4 is 0 Å². The molecule has 0 aliphatic carbocycles. The molecule has 0 amide bonds. The zero-order valence-corrected chi connectivity index (χ0v) is 12.6. The Bertz CT molecular complexity index is 216. The molecule has 2 saturated heterocycles. The van der Waals surface area contributed by atoms with E-state index in [1.54, 1.807) is 0 Å². The van der Waals surface area contributed by atoms with E-state index in [-0.39, 0.29) is 11.7 Å². The second-order valence-electron chi connectivity index (χ2n) is 5.88. The Morgan fingerprint density at radius 3 is 2.05 bits per heavy atom. The lowest BCUT2D eigenvalue weighted by atomic mass is 10.0. The van der Waals surface area contributed by atoms with Crippen LogP contribution in [0, 0.1) is 0 Å². The Kier molecular flexibility index (Phi) is 6.65. The quantitative estimate of drug-likeness (QED) is 0.635. The molecule has 6 heteroatoms. The summed E-state index contributed by atoms with van der Waals surface area (Å²) in [6.45, 7) is 11.0. The average Bonchev–Trinajstić information content (AvgIpc) is 2.60. The van der Waals surface area contributed by atoms with E-state index in [9.17, 15) is 0 Å². The second kappa shape index (κ2) is 7.52. The summed E-state index contributed by atoms with van der Waals surface area (Å²) in [4.78, 5) is 19.3. The summed E-state index contributed by atoms with van der Waals surface area (Å²) >= 11 is 0. The summed E-state index contributed by atoms with van der Waals surface area (Å²) in [6, 6.07) is 0. The fourth-order valence-electron chi connectivity index (χ4n) is 1.91. The van der Waals surface area contributed by atoms with Gasteiger partial charge >= 0.3 is 0 Å². The van der Waals surface area contributed by atoms with Crippen molar-refractivity contribution in [3.05, 3.63) is 0 Å². The number of ether oxygens (including phenoxy) is 1. The van der Waals surface area contributed by atoms with Gasteiger partial charge in [-0.2, -0.15) is 0 Å². The molecule has 1 atom stereocenters. The molecule has 2 aliphatic heterocycles. The fraction of sp³-hybridized carbons (Fsp3) is 1.00. The molecule has 2 rings (SSSR count). The molecule has 0 spiro atoms. The molecular formula is C13H26O6. The topological polar surface area (TPSA) is 55.4 Å². The summed E-state index contributed by atoms with van der Waals surface area (Å²) in [6.07, 6.45) is 3.06. The molecule has 0 aromatic heterocycles. The highest BCUT2D eigenvalue weighted by Gasteiger charge is 2.35. The first-order valence-electron chi connectivity index (χ1n) is 6.76. The van der Waals surface area contributed by atoms with Crippen LogP contribution >= 0.6 is 0 Å². The normalized spacial score (nSPS) is 30.5. The highest BCUT2D eigenvalue weighted by molar-refractivity contribution is 4.74. The van der Waals surface area contributed by atoms with Crippen molar-refractivity contribution in [1.29, 1.82) is 0 Å². The first-order chi connectivity index (χ1) is 8.81. The smallest absolute Gasteiger partial charge is 0.196 e. The maximum absolute atomic E-state index is 5.59. The molecule has 114 valence electrons. The Morgan fingerprint density at radius 2 is 1.47 bits per heavy atom. The lowest BCUT2D eigenvalue weighted by molar-refractivity contribution is -0.504. The zero-order valence-electron chi connectivity index (χ0n) is 12.6. The summed E-state index contributed by atoms with van der Waals surface area (Å²) in [5, 5.41) is 4.19. The van der Waals surface area contributed by atoms with Crippen molar-refractivity contribution in [3.8, 4) is 0 Å². The van der Waals surface area contributed by atoms with Gasteiger partial charge in [-0.25, -0.2) is 19.6 Å². The van der Waals surface area contributed by atoms with Gasteiger partial charge in [-0.3, -0.25) is 0 Å². The highest BCUT2D eigenvalue weighted by atomic mass is 17.5. The van der Waals surface area contributed by atoms with Crippen LogP contribution in [0.15, 0.2) is 0 Å². The molecule has 0 aromatic carbocycles. The second-order valence-corrected chi connectivity index (χ2v) is 5.88. The Labute approximate surface area is 115 Å². The van der Waals surface area contributed by atoms with Gasteiger partial charge in [0.1, 0.15) is 5.60 Å². The zero-order chi connectivity index (χ0) is 14.4.